The van der Waals surface area contributed by atoms with E-state index in [2.05, 4.69) is 4.74 Å². The summed E-state index contributed by atoms with van der Waals surface area (Å²) in [5, 5.41) is 0. The van der Waals surface area contributed by atoms with Gasteiger partial charge < -0.3 is 15.2 Å². The number of rotatable bonds is 3. The van der Waals surface area contributed by atoms with Crippen LogP contribution in [0.4, 0.5) is 0 Å². The monoisotopic (exact) mass is 283 g/mol. The number of carbonyl (C=O) groups is 1. The van der Waals surface area contributed by atoms with E-state index in [1.54, 1.807) is 12.1 Å². The van der Waals surface area contributed by atoms with Crippen LogP contribution in [-0.4, -0.2) is 34.6 Å². The van der Waals surface area contributed by atoms with Gasteiger partial charge in [-0.25, -0.2) is 13.2 Å². The molecule has 102 valence electrons. The van der Waals surface area contributed by atoms with Gasteiger partial charge in [0.1, 0.15) is 16.7 Å². The van der Waals surface area contributed by atoms with Gasteiger partial charge >= 0.3 is 5.97 Å². The fourth-order valence-electron chi connectivity index (χ4n) is 1.94. The summed E-state index contributed by atoms with van der Waals surface area (Å²) in [6.45, 7) is 0. The molecule has 0 aliphatic carbocycles. The SMILES string of the molecule is COC(=O)C(N)C1=Cc2cccc(OC)c2S1(=O)=O. The Morgan fingerprint density at radius 2 is 2.00 bits per heavy atom. The summed E-state index contributed by atoms with van der Waals surface area (Å²) in [6, 6.07) is 3.48. The van der Waals surface area contributed by atoms with E-state index >= 15 is 0 Å². The van der Waals surface area contributed by atoms with E-state index in [1.807, 2.05) is 0 Å². The molecule has 0 saturated heterocycles. The van der Waals surface area contributed by atoms with Crippen LogP contribution in [0, 0.1) is 0 Å². The minimum absolute atomic E-state index is 0.0341. The smallest absolute Gasteiger partial charge is 0.328 e. The Morgan fingerprint density at radius 3 is 2.58 bits per heavy atom. The van der Waals surface area contributed by atoms with Crippen molar-refractivity contribution in [3.8, 4) is 5.75 Å². The topological polar surface area (TPSA) is 95.7 Å². The summed E-state index contributed by atoms with van der Waals surface area (Å²) in [5.41, 5.74) is 6.07. The molecule has 1 aromatic rings. The van der Waals surface area contributed by atoms with Crippen LogP contribution in [-0.2, 0) is 19.4 Å². The summed E-state index contributed by atoms with van der Waals surface area (Å²) >= 11 is 0. The number of hydrogen-bond acceptors (Lipinski definition) is 6. The molecule has 0 saturated carbocycles. The molecule has 0 amide bonds. The average molecular weight is 283 g/mol. The van der Waals surface area contributed by atoms with E-state index in [0.29, 0.717) is 5.56 Å². The molecule has 1 unspecified atom stereocenters. The lowest BCUT2D eigenvalue weighted by Gasteiger charge is -2.11. The van der Waals surface area contributed by atoms with Crippen molar-refractivity contribution in [2.45, 2.75) is 10.9 Å². The number of sulfone groups is 1. The van der Waals surface area contributed by atoms with Crippen molar-refractivity contribution in [3.05, 3.63) is 28.7 Å². The molecule has 19 heavy (non-hydrogen) atoms. The lowest BCUT2D eigenvalue weighted by molar-refractivity contribution is -0.141. The van der Waals surface area contributed by atoms with Gasteiger partial charge in [0, 0.05) is 0 Å². The number of carbonyl (C=O) groups excluding carboxylic acids is 1. The molecule has 1 aliphatic heterocycles. The zero-order valence-electron chi connectivity index (χ0n) is 10.4. The third-order valence-electron chi connectivity index (χ3n) is 2.87. The minimum Gasteiger partial charge on any atom is -0.495 e. The number of ether oxygens (including phenoxy) is 2. The average Bonchev–Trinajstić information content (AvgIpc) is 2.68. The van der Waals surface area contributed by atoms with Gasteiger partial charge in [-0.2, -0.15) is 0 Å². The second-order valence-electron chi connectivity index (χ2n) is 3.93. The molecule has 1 aromatic carbocycles. The zero-order chi connectivity index (χ0) is 14.2. The van der Waals surface area contributed by atoms with Crippen LogP contribution in [0.15, 0.2) is 28.0 Å². The molecule has 2 rings (SSSR count). The summed E-state index contributed by atoms with van der Waals surface area (Å²) in [4.78, 5) is 11.3. The normalized spacial score (nSPS) is 17.3. The highest BCUT2D eigenvalue weighted by molar-refractivity contribution is 7.96. The van der Waals surface area contributed by atoms with Gasteiger partial charge in [0.15, 0.2) is 0 Å². The van der Waals surface area contributed by atoms with E-state index in [9.17, 15) is 13.2 Å². The number of nitrogens with two attached hydrogens (primary N) is 1. The first-order valence-corrected chi connectivity index (χ1v) is 6.89. The van der Waals surface area contributed by atoms with E-state index in [-0.39, 0.29) is 15.6 Å². The van der Waals surface area contributed by atoms with Crippen LogP contribution in [0.25, 0.3) is 6.08 Å². The molecule has 0 aromatic heterocycles. The standard InChI is InChI=1S/C12H13NO5S/c1-17-8-5-3-4-7-6-9(10(13)12(14)18-2)19(15,16)11(7)8/h3-6,10H,13H2,1-2H3. The Bertz CT molecular complexity index is 663. The number of hydrogen-bond donors (Lipinski definition) is 1. The molecular weight excluding hydrogens is 270 g/mol. The van der Waals surface area contributed by atoms with Crippen LogP contribution in [0.5, 0.6) is 5.75 Å². The third-order valence-corrected chi connectivity index (χ3v) is 4.83. The molecule has 6 nitrogen and oxygen atoms in total. The zero-order valence-corrected chi connectivity index (χ0v) is 11.2. The first kappa shape index (κ1) is 13.6. The lowest BCUT2D eigenvalue weighted by atomic mass is 10.1. The molecule has 0 spiro atoms. The molecule has 0 bridgehead atoms. The van der Waals surface area contributed by atoms with Crippen LogP contribution >= 0.6 is 0 Å². The quantitative estimate of drug-likeness (QED) is 0.803. The summed E-state index contributed by atoms with van der Waals surface area (Å²) in [5.74, 6) is -0.581. The van der Waals surface area contributed by atoms with Crippen molar-refractivity contribution in [2.75, 3.05) is 14.2 Å². The number of esters is 1. The molecule has 0 radical (unpaired) electrons. The highest BCUT2D eigenvalue weighted by Gasteiger charge is 2.38. The number of methoxy groups -OCH3 is 2. The summed E-state index contributed by atoms with van der Waals surface area (Å²) in [6.07, 6.45) is 1.37. The fraction of sp³-hybridized carbons (Fsp3) is 0.250. The molecule has 0 fully saturated rings. The molecule has 7 heteroatoms. The van der Waals surface area contributed by atoms with E-state index < -0.39 is 21.8 Å². The third kappa shape index (κ3) is 2.00. The first-order chi connectivity index (χ1) is 8.93. The van der Waals surface area contributed by atoms with Crippen LogP contribution in [0.1, 0.15) is 5.56 Å². The second kappa shape index (κ2) is 4.67. The van der Waals surface area contributed by atoms with Crippen LogP contribution in [0.3, 0.4) is 0 Å². The molecule has 1 heterocycles. The van der Waals surface area contributed by atoms with Gasteiger partial charge in [-0.05, 0) is 17.7 Å². The first-order valence-electron chi connectivity index (χ1n) is 5.40. The van der Waals surface area contributed by atoms with Crippen molar-refractivity contribution >= 4 is 21.9 Å². The van der Waals surface area contributed by atoms with Crippen molar-refractivity contribution < 1.29 is 22.7 Å². The Balaban J connectivity index is 2.58. The van der Waals surface area contributed by atoms with E-state index in [0.717, 1.165) is 7.11 Å². The Hall–Kier alpha value is -1.86. The van der Waals surface area contributed by atoms with Crippen molar-refractivity contribution in [2.24, 2.45) is 5.73 Å². The predicted molar refractivity (Wildman–Crippen MR) is 68.1 cm³/mol. The van der Waals surface area contributed by atoms with E-state index in [1.165, 1.54) is 19.3 Å². The highest BCUT2D eigenvalue weighted by atomic mass is 32.2. The lowest BCUT2D eigenvalue weighted by Crippen LogP contribution is -2.35. The van der Waals surface area contributed by atoms with Gasteiger partial charge in [-0.3, -0.25) is 0 Å². The van der Waals surface area contributed by atoms with E-state index in [4.69, 9.17) is 10.5 Å². The van der Waals surface area contributed by atoms with Gasteiger partial charge in [0.25, 0.3) is 0 Å². The minimum atomic E-state index is -3.83. The highest BCUT2D eigenvalue weighted by Crippen LogP contribution is 2.39. The Labute approximate surface area is 110 Å². The van der Waals surface area contributed by atoms with Crippen molar-refractivity contribution in [3.63, 3.8) is 0 Å². The Kier molecular flexibility index (Phi) is 3.34. The molecule has 1 atom stereocenters. The number of fused-ring (bicyclic) bond motifs is 1. The largest absolute Gasteiger partial charge is 0.495 e. The molecule has 1 aliphatic rings. The van der Waals surface area contributed by atoms with Crippen molar-refractivity contribution in [1.82, 2.24) is 0 Å². The Morgan fingerprint density at radius 1 is 1.32 bits per heavy atom. The predicted octanol–water partition coefficient (Wildman–Crippen LogP) is 0.324. The van der Waals surface area contributed by atoms with Crippen molar-refractivity contribution in [1.29, 1.82) is 0 Å². The molecule has 2 N–H and O–H groups in total. The van der Waals surface area contributed by atoms with Crippen LogP contribution in [0.2, 0.25) is 0 Å². The van der Waals surface area contributed by atoms with Gasteiger partial charge in [-0.1, -0.05) is 12.1 Å². The van der Waals surface area contributed by atoms with Gasteiger partial charge in [0.2, 0.25) is 9.84 Å². The fourth-order valence-corrected chi connectivity index (χ4v) is 3.75. The maximum Gasteiger partial charge on any atom is 0.328 e. The summed E-state index contributed by atoms with van der Waals surface area (Å²) < 4.78 is 34.3. The maximum absolute atomic E-state index is 12.4. The van der Waals surface area contributed by atoms with Crippen LogP contribution < -0.4 is 10.5 Å². The second-order valence-corrected chi connectivity index (χ2v) is 5.82. The van der Waals surface area contributed by atoms with Gasteiger partial charge in [-0.15, -0.1) is 0 Å². The maximum atomic E-state index is 12.4. The number of benzene rings is 1. The van der Waals surface area contributed by atoms with Gasteiger partial charge in [0.05, 0.1) is 19.1 Å². The molecular formula is C12H13NO5S. The summed E-state index contributed by atoms with van der Waals surface area (Å²) in [7, 11) is -1.30.